The number of aryl methyl sites for hydroxylation is 1. The molecule has 3 aromatic rings. The number of likely N-dealkylation sites (tertiary alicyclic amines) is 1. The number of amides is 2. The maximum absolute atomic E-state index is 13.2. The second-order valence-electron chi connectivity index (χ2n) is 8.70. The molecule has 1 aromatic heterocycles. The smallest absolute Gasteiger partial charge is 0.278 e. The largest absolute Gasteiger partial charge is 0.484 e. The summed E-state index contributed by atoms with van der Waals surface area (Å²) in [6.07, 6.45) is 3.66. The minimum absolute atomic E-state index is 0.00810. The Morgan fingerprint density at radius 2 is 1.91 bits per heavy atom. The van der Waals surface area contributed by atoms with Crippen molar-refractivity contribution in [3.8, 4) is 5.75 Å². The Labute approximate surface area is 193 Å². The van der Waals surface area contributed by atoms with Gasteiger partial charge in [-0.2, -0.15) is 5.10 Å². The molecule has 2 aliphatic heterocycles. The fourth-order valence-electron chi connectivity index (χ4n) is 4.80. The van der Waals surface area contributed by atoms with Gasteiger partial charge in [0.15, 0.2) is 12.3 Å². The summed E-state index contributed by atoms with van der Waals surface area (Å²) in [6, 6.07) is 17.3. The zero-order valence-electron chi connectivity index (χ0n) is 18.8. The lowest BCUT2D eigenvalue weighted by Crippen LogP contribution is -2.41. The molecule has 7 heteroatoms. The van der Waals surface area contributed by atoms with E-state index < -0.39 is 0 Å². The number of hydrogen-bond acceptors (Lipinski definition) is 4. The maximum atomic E-state index is 13.2. The van der Waals surface area contributed by atoms with Crippen molar-refractivity contribution < 1.29 is 14.3 Å². The van der Waals surface area contributed by atoms with Crippen LogP contribution in [0.2, 0.25) is 0 Å². The van der Waals surface area contributed by atoms with E-state index in [0.717, 1.165) is 48.4 Å². The number of benzene rings is 2. The molecule has 3 heterocycles. The molecule has 1 fully saturated rings. The number of piperidine rings is 1. The van der Waals surface area contributed by atoms with Crippen molar-refractivity contribution >= 4 is 17.5 Å². The van der Waals surface area contributed by atoms with Crippen molar-refractivity contribution in [2.75, 3.05) is 24.6 Å². The summed E-state index contributed by atoms with van der Waals surface area (Å²) >= 11 is 0. The van der Waals surface area contributed by atoms with Crippen LogP contribution in [0.5, 0.6) is 5.75 Å². The molecule has 2 aliphatic rings. The number of nitrogens with zero attached hydrogens (tertiary/aromatic N) is 3. The van der Waals surface area contributed by atoms with Crippen LogP contribution in [-0.2, 0) is 11.2 Å². The Morgan fingerprint density at radius 1 is 1.09 bits per heavy atom. The van der Waals surface area contributed by atoms with E-state index in [-0.39, 0.29) is 24.5 Å². The van der Waals surface area contributed by atoms with Gasteiger partial charge in [-0.25, -0.2) is 0 Å². The van der Waals surface area contributed by atoms with Crippen LogP contribution in [0.25, 0.3) is 0 Å². The average Bonchev–Trinajstić information content (AvgIpc) is 3.51. The van der Waals surface area contributed by atoms with Gasteiger partial charge in [0.2, 0.25) is 0 Å². The third kappa shape index (κ3) is 4.23. The number of anilines is 1. The van der Waals surface area contributed by atoms with Crippen LogP contribution < -0.4 is 9.64 Å². The van der Waals surface area contributed by atoms with Crippen LogP contribution in [0.1, 0.15) is 52.6 Å². The number of aromatic amines is 1. The number of carbonyl (C=O) groups is 2. The summed E-state index contributed by atoms with van der Waals surface area (Å²) in [5, 5.41) is 7.36. The highest BCUT2D eigenvalue weighted by molar-refractivity contribution is 6.06. The second-order valence-corrected chi connectivity index (χ2v) is 8.70. The molecule has 1 N–H and O–H groups in total. The molecule has 1 atom stereocenters. The van der Waals surface area contributed by atoms with Gasteiger partial charge in [-0.3, -0.25) is 14.7 Å². The molecule has 0 spiro atoms. The fourth-order valence-corrected chi connectivity index (χ4v) is 4.80. The Balaban J connectivity index is 1.29. The van der Waals surface area contributed by atoms with Crippen molar-refractivity contribution in [2.24, 2.45) is 0 Å². The van der Waals surface area contributed by atoms with Gasteiger partial charge in [0.1, 0.15) is 5.75 Å². The number of carbonyl (C=O) groups excluding carboxylic acids is 2. The molecule has 2 amide bonds. The molecular formula is C26H28N4O3. The quantitative estimate of drug-likeness (QED) is 0.644. The summed E-state index contributed by atoms with van der Waals surface area (Å²) in [6.45, 7) is 3.28. The van der Waals surface area contributed by atoms with Crippen molar-refractivity contribution in [3.05, 3.63) is 77.1 Å². The van der Waals surface area contributed by atoms with Gasteiger partial charge in [-0.1, -0.05) is 36.4 Å². The highest BCUT2D eigenvalue weighted by Gasteiger charge is 2.32. The first-order chi connectivity index (χ1) is 16.1. The van der Waals surface area contributed by atoms with E-state index in [1.807, 2.05) is 60.4 Å². The van der Waals surface area contributed by atoms with Gasteiger partial charge in [-0.05, 0) is 61.9 Å². The van der Waals surface area contributed by atoms with Gasteiger partial charge in [-0.15, -0.1) is 0 Å². The first kappa shape index (κ1) is 21.2. The predicted octanol–water partition coefficient (Wildman–Crippen LogP) is 4.05. The Hall–Kier alpha value is -3.61. The van der Waals surface area contributed by atoms with E-state index in [1.54, 1.807) is 4.90 Å². The van der Waals surface area contributed by atoms with Crippen LogP contribution in [0.3, 0.4) is 0 Å². The van der Waals surface area contributed by atoms with Crippen LogP contribution >= 0.6 is 0 Å². The van der Waals surface area contributed by atoms with Gasteiger partial charge in [0, 0.05) is 18.8 Å². The highest BCUT2D eigenvalue weighted by atomic mass is 16.5. The van der Waals surface area contributed by atoms with E-state index in [9.17, 15) is 9.59 Å². The molecule has 2 aromatic carbocycles. The number of ether oxygens (including phenoxy) is 1. The Bertz CT molecular complexity index is 1170. The van der Waals surface area contributed by atoms with Crippen LogP contribution in [0.15, 0.2) is 54.6 Å². The minimum atomic E-state index is -0.133. The van der Waals surface area contributed by atoms with Crippen LogP contribution in [-0.4, -0.2) is 46.6 Å². The summed E-state index contributed by atoms with van der Waals surface area (Å²) in [5.41, 5.74) is 4.32. The standard InChI is InChI=1S/C26H28N4O3/c1-18-8-2-5-12-24(18)33-17-25(31)29-14-7-6-11-23(29)20-16-21(28-27-20)26(32)30-15-13-19-9-3-4-10-22(19)30/h2-5,8-10,12,16,23H,6-7,11,13-15,17H2,1H3,(H,27,28). The predicted molar refractivity (Wildman–Crippen MR) is 125 cm³/mol. The normalized spacial score (nSPS) is 17.7. The third-order valence-corrected chi connectivity index (χ3v) is 6.58. The van der Waals surface area contributed by atoms with E-state index in [2.05, 4.69) is 16.3 Å². The molecule has 0 radical (unpaired) electrons. The molecule has 0 bridgehead atoms. The van der Waals surface area contributed by atoms with Crippen molar-refractivity contribution in [1.29, 1.82) is 0 Å². The number of para-hydroxylation sites is 2. The minimum Gasteiger partial charge on any atom is -0.484 e. The molecule has 1 unspecified atom stereocenters. The molecule has 1 saturated heterocycles. The average molecular weight is 445 g/mol. The number of nitrogens with one attached hydrogen (secondary N) is 1. The van der Waals surface area contributed by atoms with Gasteiger partial charge >= 0.3 is 0 Å². The maximum Gasteiger partial charge on any atom is 0.278 e. The zero-order valence-corrected chi connectivity index (χ0v) is 18.8. The lowest BCUT2D eigenvalue weighted by Gasteiger charge is -2.35. The lowest BCUT2D eigenvalue weighted by atomic mass is 9.99. The third-order valence-electron chi connectivity index (χ3n) is 6.58. The zero-order chi connectivity index (χ0) is 22.8. The Kier molecular flexibility index (Phi) is 5.86. The van der Waals surface area contributed by atoms with Crippen molar-refractivity contribution in [2.45, 2.75) is 38.6 Å². The molecule has 7 nitrogen and oxygen atoms in total. The molecule has 33 heavy (non-hydrogen) atoms. The van der Waals surface area contributed by atoms with E-state index >= 15 is 0 Å². The highest BCUT2D eigenvalue weighted by Crippen LogP contribution is 2.32. The molecule has 0 saturated carbocycles. The molecular weight excluding hydrogens is 416 g/mol. The number of rotatable bonds is 5. The first-order valence-electron chi connectivity index (χ1n) is 11.5. The molecule has 170 valence electrons. The van der Waals surface area contributed by atoms with Crippen LogP contribution in [0.4, 0.5) is 5.69 Å². The Morgan fingerprint density at radius 3 is 2.79 bits per heavy atom. The van der Waals surface area contributed by atoms with Crippen molar-refractivity contribution in [1.82, 2.24) is 15.1 Å². The van der Waals surface area contributed by atoms with Crippen molar-refractivity contribution in [3.63, 3.8) is 0 Å². The number of fused-ring (bicyclic) bond motifs is 1. The fraction of sp³-hybridized carbons (Fsp3) is 0.346. The number of hydrogen-bond donors (Lipinski definition) is 1. The summed E-state index contributed by atoms with van der Waals surface area (Å²) in [4.78, 5) is 29.8. The van der Waals surface area contributed by atoms with Gasteiger partial charge in [0.05, 0.1) is 11.7 Å². The summed E-state index contributed by atoms with van der Waals surface area (Å²) in [5.74, 6) is 0.553. The first-order valence-corrected chi connectivity index (χ1v) is 11.5. The second kappa shape index (κ2) is 9.10. The topological polar surface area (TPSA) is 78.5 Å². The molecule has 5 rings (SSSR count). The summed E-state index contributed by atoms with van der Waals surface area (Å²) < 4.78 is 5.80. The summed E-state index contributed by atoms with van der Waals surface area (Å²) in [7, 11) is 0. The molecule has 0 aliphatic carbocycles. The van der Waals surface area contributed by atoms with Crippen LogP contribution in [0, 0.1) is 6.92 Å². The van der Waals surface area contributed by atoms with E-state index in [1.165, 1.54) is 5.56 Å². The monoisotopic (exact) mass is 444 g/mol. The van der Waals surface area contributed by atoms with Gasteiger partial charge in [0.25, 0.3) is 11.8 Å². The number of H-pyrrole nitrogens is 1. The van der Waals surface area contributed by atoms with E-state index in [4.69, 9.17) is 4.74 Å². The SMILES string of the molecule is Cc1ccccc1OCC(=O)N1CCCCC1c1cc(C(=O)N2CCc3ccccc32)n[nH]1. The van der Waals surface area contributed by atoms with Gasteiger partial charge < -0.3 is 14.5 Å². The number of aromatic nitrogens is 2. The van der Waals surface area contributed by atoms with E-state index in [0.29, 0.717) is 18.8 Å². The lowest BCUT2D eigenvalue weighted by molar-refractivity contribution is -0.137.